The van der Waals surface area contributed by atoms with Gasteiger partial charge < -0.3 is 10.6 Å². The van der Waals surface area contributed by atoms with Crippen LogP contribution in [-0.2, 0) is 6.42 Å². The molecule has 152 valence electrons. The summed E-state index contributed by atoms with van der Waals surface area (Å²) in [7, 11) is 0. The van der Waals surface area contributed by atoms with Crippen molar-refractivity contribution in [1.29, 1.82) is 0 Å². The third-order valence-corrected chi connectivity index (χ3v) is 5.45. The van der Waals surface area contributed by atoms with Crippen molar-refractivity contribution in [3.63, 3.8) is 0 Å². The van der Waals surface area contributed by atoms with Gasteiger partial charge in [0.2, 0.25) is 0 Å². The number of hydrogen-bond acceptors (Lipinski definition) is 4. The maximum Gasteiger partial charge on any atom is 0.272 e. The van der Waals surface area contributed by atoms with Crippen LogP contribution in [0.25, 0.3) is 22.0 Å². The van der Waals surface area contributed by atoms with Crippen molar-refractivity contribution in [2.45, 2.75) is 39.0 Å². The van der Waals surface area contributed by atoms with E-state index in [0.717, 1.165) is 60.1 Å². The van der Waals surface area contributed by atoms with Gasteiger partial charge in [-0.1, -0.05) is 44.0 Å². The lowest BCUT2D eigenvalue weighted by Gasteiger charge is -2.20. The predicted molar refractivity (Wildman–Crippen MR) is 120 cm³/mol. The number of fused-ring (bicyclic) bond motifs is 1. The lowest BCUT2D eigenvalue weighted by Crippen LogP contribution is -2.32. The van der Waals surface area contributed by atoms with Gasteiger partial charge in [0.15, 0.2) is 0 Å². The van der Waals surface area contributed by atoms with Gasteiger partial charge in [-0.25, -0.2) is 9.97 Å². The molecule has 0 bridgehead atoms. The Balaban J connectivity index is 0.00000240. The number of halogens is 1. The molecular weight excluding hydrogens is 384 g/mol. The first-order chi connectivity index (χ1) is 13.7. The van der Waals surface area contributed by atoms with Gasteiger partial charge in [-0.15, -0.1) is 12.4 Å². The van der Waals surface area contributed by atoms with Gasteiger partial charge in [-0.05, 0) is 37.5 Å². The predicted octanol–water partition coefficient (Wildman–Crippen LogP) is 4.88. The van der Waals surface area contributed by atoms with Crippen LogP contribution in [0.15, 0.2) is 42.5 Å². The van der Waals surface area contributed by atoms with E-state index in [9.17, 15) is 4.79 Å². The summed E-state index contributed by atoms with van der Waals surface area (Å²) in [6, 6.07) is 13.8. The molecule has 3 heterocycles. The number of aryl methyl sites for hydroxylation is 1. The maximum absolute atomic E-state index is 13.0. The highest BCUT2D eigenvalue weighted by atomic mass is 35.5. The number of amides is 1. The van der Waals surface area contributed by atoms with Gasteiger partial charge in [0.05, 0.1) is 11.2 Å². The average Bonchev–Trinajstić information content (AvgIpc) is 3.02. The van der Waals surface area contributed by atoms with Crippen LogP contribution in [0, 0.1) is 0 Å². The number of aromatic nitrogens is 2. The summed E-state index contributed by atoms with van der Waals surface area (Å²) in [6.45, 7) is 3.71. The van der Waals surface area contributed by atoms with Crippen molar-refractivity contribution < 1.29 is 4.79 Å². The Hall–Kier alpha value is -2.66. The Kier molecular flexibility index (Phi) is 6.70. The topological polar surface area (TPSA) is 72.1 Å². The zero-order valence-corrected chi connectivity index (χ0v) is 17.5. The summed E-state index contributed by atoms with van der Waals surface area (Å²) < 4.78 is 0. The van der Waals surface area contributed by atoms with E-state index in [-0.39, 0.29) is 18.3 Å². The number of carbonyl (C=O) groups is 1. The van der Waals surface area contributed by atoms with Gasteiger partial charge in [0.1, 0.15) is 11.5 Å². The Morgan fingerprint density at radius 1 is 0.966 bits per heavy atom. The maximum atomic E-state index is 13.0. The third kappa shape index (κ3) is 4.35. The van der Waals surface area contributed by atoms with E-state index in [1.807, 2.05) is 47.4 Å². The molecule has 1 saturated heterocycles. The number of anilines is 1. The van der Waals surface area contributed by atoms with Gasteiger partial charge in [0, 0.05) is 29.6 Å². The molecule has 0 unspecified atom stereocenters. The molecule has 3 aromatic rings. The number of benzene rings is 1. The highest BCUT2D eigenvalue weighted by Gasteiger charge is 2.19. The molecule has 0 aliphatic carbocycles. The molecule has 1 aromatic carbocycles. The number of nitrogens with two attached hydrogens (primary N) is 1. The van der Waals surface area contributed by atoms with E-state index < -0.39 is 0 Å². The van der Waals surface area contributed by atoms with E-state index in [1.54, 1.807) is 0 Å². The summed E-state index contributed by atoms with van der Waals surface area (Å²) in [5.41, 5.74) is 10.2. The number of hydrogen-bond donors (Lipinski definition) is 1. The molecule has 2 aromatic heterocycles. The standard InChI is InChI=1S/C23H26N4O.ClH/c1-2-19-17(11-13-21(24)25-19)18-9-7-8-16-10-12-20(26-22(16)18)23(28)27-14-5-3-4-6-15-27;/h7-13H,2-6,14-15H2,1H3,(H2,24,25);1H. The summed E-state index contributed by atoms with van der Waals surface area (Å²) in [4.78, 5) is 24.3. The molecule has 0 radical (unpaired) electrons. The summed E-state index contributed by atoms with van der Waals surface area (Å²) in [6.07, 6.45) is 5.32. The monoisotopic (exact) mass is 410 g/mol. The van der Waals surface area contributed by atoms with Crippen LogP contribution in [0.3, 0.4) is 0 Å². The number of pyridine rings is 2. The molecule has 29 heavy (non-hydrogen) atoms. The number of carbonyl (C=O) groups excluding carboxylic acids is 1. The van der Waals surface area contributed by atoms with Crippen molar-refractivity contribution in [2.75, 3.05) is 18.8 Å². The first-order valence-corrected chi connectivity index (χ1v) is 10.1. The van der Waals surface area contributed by atoms with Crippen molar-refractivity contribution in [2.24, 2.45) is 0 Å². The fraction of sp³-hybridized carbons (Fsp3) is 0.348. The lowest BCUT2D eigenvalue weighted by atomic mass is 9.99. The van der Waals surface area contributed by atoms with E-state index in [4.69, 9.17) is 10.7 Å². The minimum Gasteiger partial charge on any atom is -0.384 e. The molecular formula is C23H27ClN4O. The second kappa shape index (κ2) is 9.23. The SMILES string of the molecule is CCc1nc(N)ccc1-c1cccc2ccc(C(=O)N3CCCCCC3)nc12.Cl. The van der Waals surface area contributed by atoms with Crippen molar-refractivity contribution in [1.82, 2.24) is 14.9 Å². The summed E-state index contributed by atoms with van der Waals surface area (Å²) >= 11 is 0. The Labute approximate surface area is 177 Å². The molecule has 2 N–H and O–H groups in total. The normalized spacial score (nSPS) is 14.3. The van der Waals surface area contributed by atoms with E-state index >= 15 is 0 Å². The zero-order valence-electron chi connectivity index (χ0n) is 16.7. The Morgan fingerprint density at radius 2 is 1.72 bits per heavy atom. The van der Waals surface area contributed by atoms with E-state index in [2.05, 4.69) is 11.9 Å². The largest absolute Gasteiger partial charge is 0.384 e. The molecule has 1 fully saturated rings. The fourth-order valence-corrected chi connectivity index (χ4v) is 3.95. The number of nitrogen functional groups attached to an aromatic ring is 1. The van der Waals surface area contributed by atoms with Gasteiger partial charge in [-0.3, -0.25) is 4.79 Å². The van der Waals surface area contributed by atoms with Crippen LogP contribution in [0.1, 0.15) is 48.8 Å². The van der Waals surface area contributed by atoms with Crippen LogP contribution in [0.5, 0.6) is 0 Å². The molecule has 1 aliphatic rings. The van der Waals surface area contributed by atoms with Crippen LogP contribution in [-0.4, -0.2) is 33.9 Å². The number of rotatable bonds is 3. The van der Waals surface area contributed by atoms with Crippen molar-refractivity contribution in [3.05, 3.63) is 53.9 Å². The average molecular weight is 411 g/mol. The second-order valence-corrected chi connectivity index (χ2v) is 7.36. The molecule has 5 nitrogen and oxygen atoms in total. The van der Waals surface area contributed by atoms with E-state index in [0.29, 0.717) is 11.5 Å². The van der Waals surface area contributed by atoms with Crippen LogP contribution in [0.2, 0.25) is 0 Å². The molecule has 0 saturated carbocycles. The molecule has 0 atom stereocenters. The van der Waals surface area contributed by atoms with Crippen LogP contribution < -0.4 is 5.73 Å². The molecule has 1 amide bonds. The fourth-order valence-electron chi connectivity index (χ4n) is 3.95. The minimum atomic E-state index is 0. The van der Waals surface area contributed by atoms with Gasteiger partial charge >= 0.3 is 0 Å². The van der Waals surface area contributed by atoms with Crippen molar-refractivity contribution >= 4 is 35.0 Å². The highest BCUT2D eigenvalue weighted by Crippen LogP contribution is 2.30. The summed E-state index contributed by atoms with van der Waals surface area (Å²) in [5.74, 6) is 0.551. The van der Waals surface area contributed by atoms with Gasteiger partial charge in [-0.2, -0.15) is 0 Å². The number of para-hydroxylation sites is 1. The molecule has 1 aliphatic heterocycles. The van der Waals surface area contributed by atoms with Crippen molar-refractivity contribution in [3.8, 4) is 11.1 Å². The molecule has 0 spiro atoms. The number of likely N-dealkylation sites (tertiary alicyclic amines) is 1. The first-order valence-electron chi connectivity index (χ1n) is 10.1. The van der Waals surface area contributed by atoms with Crippen LogP contribution >= 0.6 is 12.4 Å². The third-order valence-electron chi connectivity index (χ3n) is 5.45. The lowest BCUT2D eigenvalue weighted by molar-refractivity contribution is 0.0756. The second-order valence-electron chi connectivity index (χ2n) is 7.36. The quantitative estimate of drug-likeness (QED) is 0.667. The van der Waals surface area contributed by atoms with Crippen LogP contribution in [0.4, 0.5) is 5.82 Å². The Morgan fingerprint density at radius 3 is 2.45 bits per heavy atom. The zero-order chi connectivity index (χ0) is 19.5. The molecule has 4 rings (SSSR count). The smallest absolute Gasteiger partial charge is 0.272 e. The van der Waals surface area contributed by atoms with Gasteiger partial charge in [0.25, 0.3) is 5.91 Å². The highest BCUT2D eigenvalue weighted by molar-refractivity contribution is 5.99. The Bertz CT molecular complexity index is 1010. The first kappa shape index (κ1) is 21.1. The van der Waals surface area contributed by atoms with E-state index in [1.165, 1.54) is 12.8 Å². The molecule has 6 heteroatoms. The minimum absolute atomic E-state index is 0. The number of nitrogens with zero attached hydrogens (tertiary/aromatic N) is 3. The summed E-state index contributed by atoms with van der Waals surface area (Å²) in [5, 5.41) is 1.02.